The van der Waals surface area contributed by atoms with E-state index < -0.39 is 0 Å². The van der Waals surface area contributed by atoms with Crippen LogP contribution in [-0.2, 0) is 16.0 Å². The van der Waals surface area contributed by atoms with Gasteiger partial charge in [-0.2, -0.15) is 0 Å². The molecule has 1 aliphatic heterocycles. The molecular formula is C27H31ClN4O2S. The van der Waals surface area contributed by atoms with Gasteiger partial charge in [-0.25, -0.2) is 0 Å². The SMILES string of the molecule is N=C/C(=C(/OC1CCCC1)C(=O)Nc1cccc(Cl)c1)N1CCN(C(=S)Cc2ccccc2)CC1. The minimum atomic E-state index is -0.361. The Labute approximate surface area is 217 Å². The number of carbonyl (C=O) groups is 1. The highest BCUT2D eigenvalue weighted by Crippen LogP contribution is 2.26. The average Bonchev–Trinajstić information content (AvgIpc) is 3.38. The first kappa shape index (κ1) is 25.2. The van der Waals surface area contributed by atoms with Gasteiger partial charge in [0, 0.05) is 49.5 Å². The van der Waals surface area contributed by atoms with Crippen molar-refractivity contribution in [2.75, 3.05) is 31.5 Å². The molecule has 1 aliphatic carbocycles. The Hall–Kier alpha value is -2.90. The molecule has 0 radical (unpaired) electrons. The molecule has 1 saturated carbocycles. The highest BCUT2D eigenvalue weighted by molar-refractivity contribution is 7.80. The minimum absolute atomic E-state index is 0.00944. The zero-order valence-electron chi connectivity index (χ0n) is 19.7. The van der Waals surface area contributed by atoms with Gasteiger partial charge in [-0.05, 0) is 49.4 Å². The van der Waals surface area contributed by atoms with Gasteiger partial charge < -0.3 is 25.3 Å². The van der Waals surface area contributed by atoms with Gasteiger partial charge in [0.15, 0.2) is 0 Å². The number of halogens is 1. The molecule has 2 aromatic rings. The molecule has 6 nitrogen and oxygen atoms in total. The molecule has 8 heteroatoms. The van der Waals surface area contributed by atoms with E-state index in [1.807, 2.05) is 18.2 Å². The number of nitrogens with zero attached hydrogens (tertiary/aromatic N) is 2. The minimum Gasteiger partial charge on any atom is -0.483 e. The molecule has 1 heterocycles. The van der Waals surface area contributed by atoms with Crippen LogP contribution in [0.4, 0.5) is 5.69 Å². The molecule has 0 bridgehead atoms. The maximum atomic E-state index is 13.3. The average molecular weight is 511 g/mol. The number of amides is 1. The van der Waals surface area contributed by atoms with E-state index in [1.54, 1.807) is 24.3 Å². The number of rotatable bonds is 8. The van der Waals surface area contributed by atoms with E-state index in [1.165, 1.54) is 11.8 Å². The van der Waals surface area contributed by atoms with Crippen molar-refractivity contribution in [3.05, 3.63) is 76.6 Å². The van der Waals surface area contributed by atoms with Crippen molar-refractivity contribution in [1.29, 1.82) is 5.41 Å². The monoisotopic (exact) mass is 510 g/mol. The molecule has 0 spiro atoms. The number of piperazine rings is 1. The summed E-state index contributed by atoms with van der Waals surface area (Å²) in [6.07, 6.45) is 5.98. The van der Waals surface area contributed by atoms with E-state index in [4.69, 9.17) is 34.0 Å². The summed E-state index contributed by atoms with van der Waals surface area (Å²) in [5, 5.41) is 11.6. The second-order valence-electron chi connectivity index (χ2n) is 8.88. The van der Waals surface area contributed by atoms with Crippen molar-refractivity contribution in [2.45, 2.75) is 38.2 Å². The van der Waals surface area contributed by atoms with Crippen molar-refractivity contribution in [1.82, 2.24) is 9.80 Å². The van der Waals surface area contributed by atoms with Crippen LogP contribution in [0.2, 0.25) is 5.02 Å². The van der Waals surface area contributed by atoms with Gasteiger partial charge in [0.2, 0.25) is 5.76 Å². The van der Waals surface area contributed by atoms with Crippen LogP contribution < -0.4 is 5.32 Å². The lowest BCUT2D eigenvalue weighted by atomic mass is 10.1. The zero-order valence-corrected chi connectivity index (χ0v) is 21.3. The van der Waals surface area contributed by atoms with Crippen LogP contribution >= 0.6 is 23.8 Å². The third-order valence-electron chi connectivity index (χ3n) is 6.42. The molecular weight excluding hydrogens is 480 g/mol. The first-order chi connectivity index (χ1) is 17.0. The Morgan fingerprint density at radius 2 is 1.74 bits per heavy atom. The standard InChI is InChI=1S/C27H31ClN4O2S/c28-21-9-6-10-22(18-21)30-27(33)26(34-23-11-4-5-12-23)24(19-29)31-13-15-32(16-14-31)25(35)17-20-7-2-1-3-8-20/h1-3,6-10,18-19,23,29H,4-5,11-17H2,(H,30,33)/b26-24-,29-19?. The van der Waals surface area contributed by atoms with Gasteiger partial charge in [0.05, 0.1) is 11.1 Å². The molecule has 2 N–H and O–H groups in total. The van der Waals surface area contributed by atoms with E-state index in [9.17, 15) is 4.79 Å². The summed E-state index contributed by atoms with van der Waals surface area (Å²) >= 11 is 11.8. The molecule has 35 heavy (non-hydrogen) atoms. The third kappa shape index (κ3) is 6.83. The summed E-state index contributed by atoms with van der Waals surface area (Å²) in [6.45, 7) is 2.77. The van der Waals surface area contributed by atoms with Gasteiger partial charge >= 0.3 is 0 Å². The van der Waals surface area contributed by atoms with Crippen molar-refractivity contribution >= 4 is 46.6 Å². The normalized spacial score (nSPS) is 17.1. The molecule has 4 rings (SSSR count). The number of benzene rings is 2. The van der Waals surface area contributed by atoms with Gasteiger partial charge in [0.25, 0.3) is 5.91 Å². The Balaban J connectivity index is 1.48. The highest BCUT2D eigenvalue weighted by Gasteiger charge is 2.28. The Morgan fingerprint density at radius 1 is 1.06 bits per heavy atom. The predicted octanol–water partition coefficient (Wildman–Crippen LogP) is 5.29. The molecule has 1 amide bonds. The number of allylic oxidation sites excluding steroid dienone is 1. The fourth-order valence-corrected chi connectivity index (χ4v) is 5.08. The maximum Gasteiger partial charge on any atom is 0.293 e. The number of nitrogens with one attached hydrogen (secondary N) is 2. The van der Waals surface area contributed by atoms with Crippen LogP contribution in [0, 0.1) is 5.41 Å². The largest absolute Gasteiger partial charge is 0.483 e. The van der Waals surface area contributed by atoms with E-state index in [2.05, 4.69) is 27.2 Å². The number of anilines is 1. The second kappa shape index (κ2) is 12.2. The first-order valence-corrected chi connectivity index (χ1v) is 12.9. The summed E-state index contributed by atoms with van der Waals surface area (Å²) < 4.78 is 6.24. The van der Waals surface area contributed by atoms with Gasteiger partial charge in [-0.15, -0.1) is 0 Å². The zero-order chi connectivity index (χ0) is 24.6. The van der Waals surface area contributed by atoms with E-state index in [-0.39, 0.29) is 17.8 Å². The van der Waals surface area contributed by atoms with Crippen molar-refractivity contribution < 1.29 is 9.53 Å². The molecule has 184 valence electrons. The fourth-order valence-electron chi connectivity index (χ4n) is 4.54. The second-order valence-corrected chi connectivity index (χ2v) is 9.79. The van der Waals surface area contributed by atoms with Gasteiger partial charge in [-0.3, -0.25) is 4.79 Å². The molecule has 0 atom stereocenters. The van der Waals surface area contributed by atoms with Gasteiger partial charge in [-0.1, -0.05) is 60.2 Å². The molecule has 1 saturated heterocycles. The molecule has 0 unspecified atom stereocenters. The molecule has 0 aromatic heterocycles. The predicted molar refractivity (Wildman–Crippen MR) is 145 cm³/mol. The number of hydrogen-bond acceptors (Lipinski definition) is 5. The lowest BCUT2D eigenvalue weighted by molar-refractivity contribution is -0.117. The lowest BCUT2D eigenvalue weighted by Gasteiger charge is -2.38. The third-order valence-corrected chi connectivity index (χ3v) is 7.05. The molecule has 2 aliphatic rings. The van der Waals surface area contributed by atoms with Crippen LogP contribution in [0.3, 0.4) is 0 Å². The van der Waals surface area contributed by atoms with Crippen LogP contribution in [0.1, 0.15) is 31.2 Å². The molecule has 2 fully saturated rings. The van der Waals surface area contributed by atoms with Crippen molar-refractivity contribution in [3.8, 4) is 0 Å². The fraction of sp³-hybridized carbons (Fsp3) is 0.370. The van der Waals surface area contributed by atoms with Crippen molar-refractivity contribution in [3.63, 3.8) is 0 Å². The van der Waals surface area contributed by atoms with E-state index in [0.29, 0.717) is 29.5 Å². The van der Waals surface area contributed by atoms with Crippen LogP contribution in [-0.4, -0.2) is 59.2 Å². The quantitative estimate of drug-likeness (QED) is 0.219. The van der Waals surface area contributed by atoms with Crippen LogP contribution in [0.25, 0.3) is 0 Å². The summed E-state index contributed by atoms with van der Waals surface area (Å²) in [5.74, 6) is -0.160. The maximum absolute atomic E-state index is 13.3. The van der Waals surface area contributed by atoms with E-state index in [0.717, 1.165) is 50.2 Å². The molecule has 2 aromatic carbocycles. The van der Waals surface area contributed by atoms with Crippen LogP contribution in [0.5, 0.6) is 0 Å². The Kier molecular flexibility index (Phi) is 8.77. The van der Waals surface area contributed by atoms with Crippen LogP contribution in [0.15, 0.2) is 66.1 Å². The lowest BCUT2D eigenvalue weighted by Crippen LogP contribution is -2.49. The first-order valence-electron chi connectivity index (χ1n) is 12.1. The topological polar surface area (TPSA) is 68.7 Å². The number of ether oxygens (including phenoxy) is 1. The Bertz CT molecular complexity index is 1080. The smallest absolute Gasteiger partial charge is 0.293 e. The number of hydrogen-bond donors (Lipinski definition) is 2. The van der Waals surface area contributed by atoms with Gasteiger partial charge in [0.1, 0.15) is 5.70 Å². The summed E-state index contributed by atoms with van der Waals surface area (Å²) in [6, 6.07) is 17.3. The summed E-state index contributed by atoms with van der Waals surface area (Å²) in [4.78, 5) is 18.5. The Morgan fingerprint density at radius 3 is 2.40 bits per heavy atom. The van der Waals surface area contributed by atoms with Crippen molar-refractivity contribution in [2.24, 2.45) is 0 Å². The van der Waals surface area contributed by atoms with E-state index >= 15 is 0 Å². The summed E-state index contributed by atoms with van der Waals surface area (Å²) in [7, 11) is 0. The number of carbonyl (C=O) groups excluding carboxylic acids is 1. The number of thiocarbonyl (C=S) groups is 1. The summed E-state index contributed by atoms with van der Waals surface area (Å²) in [5.41, 5.74) is 2.30. The highest BCUT2D eigenvalue weighted by atomic mass is 35.5.